The average molecular weight is 271 g/mol. The van der Waals surface area contributed by atoms with Crippen LogP contribution in [0.15, 0.2) is 29.3 Å². The number of carbonyl (C=O) groups is 1. The molecule has 1 aromatic carbocycles. The molecule has 106 valence electrons. The first-order valence-electron chi connectivity index (χ1n) is 7.53. The van der Waals surface area contributed by atoms with Crippen LogP contribution in [0.1, 0.15) is 50.7 Å². The van der Waals surface area contributed by atoms with Crippen LogP contribution in [-0.2, 0) is 16.0 Å². The Labute approximate surface area is 120 Å². The Morgan fingerprint density at radius 1 is 1.40 bits per heavy atom. The molecule has 2 aliphatic rings. The van der Waals surface area contributed by atoms with Crippen molar-refractivity contribution in [2.75, 3.05) is 0 Å². The number of aryl methyl sites for hydroxylation is 1. The maximum atomic E-state index is 12.1. The molecule has 0 unspecified atom stereocenters. The van der Waals surface area contributed by atoms with Gasteiger partial charge in [0.05, 0.1) is 5.71 Å². The molecule has 3 heteroatoms. The molecule has 0 spiro atoms. The molecule has 0 N–H and O–H groups in total. The second kappa shape index (κ2) is 5.04. The summed E-state index contributed by atoms with van der Waals surface area (Å²) in [6.07, 6.45) is 4.64. The Kier molecular flexibility index (Phi) is 3.36. The molecule has 1 aliphatic carbocycles. The zero-order chi connectivity index (χ0) is 14.2. The molecule has 0 bridgehead atoms. The normalized spacial score (nSPS) is 28.2. The first-order valence-corrected chi connectivity index (χ1v) is 7.53. The molecule has 0 radical (unpaired) electrons. The lowest BCUT2D eigenvalue weighted by atomic mass is 9.78. The molecule has 0 amide bonds. The summed E-state index contributed by atoms with van der Waals surface area (Å²) in [6, 6.07) is 8.02. The Morgan fingerprint density at radius 3 is 3.00 bits per heavy atom. The molecule has 0 fully saturated rings. The summed E-state index contributed by atoms with van der Waals surface area (Å²) in [4.78, 5) is 16.9. The molecule has 0 saturated carbocycles. The van der Waals surface area contributed by atoms with E-state index in [0.29, 0.717) is 0 Å². The maximum absolute atomic E-state index is 12.1. The predicted octanol–water partition coefficient (Wildman–Crippen LogP) is 3.30. The molecule has 3 nitrogen and oxygen atoms in total. The van der Waals surface area contributed by atoms with Crippen molar-refractivity contribution in [1.82, 2.24) is 0 Å². The van der Waals surface area contributed by atoms with Gasteiger partial charge in [0.1, 0.15) is 6.04 Å². The number of nitrogens with zero attached hydrogens (tertiary/aromatic N) is 1. The van der Waals surface area contributed by atoms with E-state index in [1.807, 2.05) is 13.0 Å². The van der Waals surface area contributed by atoms with Crippen LogP contribution in [0, 0.1) is 0 Å². The van der Waals surface area contributed by atoms with Crippen LogP contribution in [-0.4, -0.2) is 23.3 Å². The quantitative estimate of drug-likeness (QED) is 0.791. The molecule has 0 saturated heterocycles. The van der Waals surface area contributed by atoms with E-state index in [1.54, 1.807) is 0 Å². The highest BCUT2D eigenvalue weighted by Gasteiger charge is 2.44. The van der Waals surface area contributed by atoms with Gasteiger partial charge >= 0.3 is 5.97 Å². The summed E-state index contributed by atoms with van der Waals surface area (Å²) in [7, 11) is 0. The molecule has 0 aromatic heterocycles. The number of benzene rings is 1. The average Bonchev–Trinajstić information content (AvgIpc) is 2.45. The van der Waals surface area contributed by atoms with Crippen LogP contribution in [0.25, 0.3) is 0 Å². The highest BCUT2D eigenvalue weighted by Crippen LogP contribution is 2.35. The van der Waals surface area contributed by atoms with E-state index in [0.717, 1.165) is 43.4 Å². The summed E-state index contributed by atoms with van der Waals surface area (Å²) < 4.78 is 5.77. The predicted molar refractivity (Wildman–Crippen MR) is 79.1 cm³/mol. The van der Waals surface area contributed by atoms with Crippen molar-refractivity contribution in [2.24, 2.45) is 4.99 Å². The Morgan fingerprint density at radius 2 is 2.20 bits per heavy atom. The van der Waals surface area contributed by atoms with E-state index in [2.05, 4.69) is 25.1 Å². The van der Waals surface area contributed by atoms with Gasteiger partial charge in [0.15, 0.2) is 5.60 Å². The smallest absolute Gasteiger partial charge is 0.331 e. The van der Waals surface area contributed by atoms with Gasteiger partial charge in [0, 0.05) is 5.56 Å². The number of rotatable bonds is 3. The third kappa shape index (κ3) is 2.15. The fourth-order valence-electron chi connectivity index (χ4n) is 3.13. The fraction of sp³-hybridized carbons (Fsp3) is 0.529. The van der Waals surface area contributed by atoms with Gasteiger partial charge in [-0.15, -0.1) is 0 Å². The van der Waals surface area contributed by atoms with Crippen LogP contribution >= 0.6 is 0 Å². The molecule has 2 atom stereocenters. The first kappa shape index (κ1) is 13.3. The van der Waals surface area contributed by atoms with Crippen LogP contribution in [0.5, 0.6) is 0 Å². The summed E-state index contributed by atoms with van der Waals surface area (Å²) in [5, 5.41) is 0. The van der Waals surface area contributed by atoms with Crippen LogP contribution in [0.4, 0.5) is 0 Å². The Bertz CT molecular complexity index is 564. The highest BCUT2D eigenvalue weighted by atomic mass is 16.6. The number of esters is 1. The number of ether oxygens (including phenoxy) is 1. The molecular weight excluding hydrogens is 250 g/mol. The van der Waals surface area contributed by atoms with Crippen molar-refractivity contribution in [3.05, 3.63) is 35.4 Å². The van der Waals surface area contributed by atoms with Crippen molar-refractivity contribution in [1.29, 1.82) is 0 Å². The lowest BCUT2D eigenvalue weighted by Gasteiger charge is -2.40. The van der Waals surface area contributed by atoms with Crippen molar-refractivity contribution in [3.8, 4) is 0 Å². The third-order valence-corrected chi connectivity index (χ3v) is 4.36. The van der Waals surface area contributed by atoms with Crippen LogP contribution < -0.4 is 0 Å². The van der Waals surface area contributed by atoms with Gasteiger partial charge in [-0.1, -0.05) is 44.0 Å². The van der Waals surface area contributed by atoms with Gasteiger partial charge < -0.3 is 4.74 Å². The monoisotopic (exact) mass is 271 g/mol. The van der Waals surface area contributed by atoms with E-state index in [4.69, 9.17) is 9.73 Å². The zero-order valence-electron chi connectivity index (χ0n) is 12.2. The molecule has 1 heterocycles. The standard InChI is InChI=1S/C17H21NO2/c1-3-4-9-14-16(19)20-17(2)11-10-12-7-5-6-8-13(12)15(17)18-14/h5-8,14H,3-4,9-11H2,1-2H3/t14-,17-/m0/s1. The SMILES string of the molecule is CCCC[C@@H]1N=C2c3ccccc3CC[C@]2(C)OC1=O. The van der Waals surface area contributed by atoms with E-state index in [9.17, 15) is 4.79 Å². The first-order chi connectivity index (χ1) is 9.64. The molecular formula is C17H21NO2. The summed E-state index contributed by atoms with van der Waals surface area (Å²) in [5.74, 6) is -0.149. The third-order valence-electron chi connectivity index (χ3n) is 4.36. The number of fused-ring (bicyclic) bond motifs is 3. The summed E-state index contributed by atoms with van der Waals surface area (Å²) in [5.41, 5.74) is 2.92. The van der Waals surface area contributed by atoms with Gasteiger partial charge in [0.25, 0.3) is 0 Å². The Balaban J connectivity index is 2.01. The van der Waals surface area contributed by atoms with E-state index < -0.39 is 5.60 Å². The van der Waals surface area contributed by atoms with Crippen molar-refractivity contribution < 1.29 is 9.53 Å². The van der Waals surface area contributed by atoms with Crippen LogP contribution in [0.3, 0.4) is 0 Å². The summed E-state index contributed by atoms with van der Waals surface area (Å²) in [6.45, 7) is 4.12. The van der Waals surface area contributed by atoms with Gasteiger partial charge in [-0.3, -0.25) is 4.99 Å². The minimum absolute atomic E-state index is 0.149. The van der Waals surface area contributed by atoms with E-state index in [-0.39, 0.29) is 12.0 Å². The Hall–Kier alpha value is -1.64. The largest absolute Gasteiger partial charge is 0.451 e. The van der Waals surface area contributed by atoms with E-state index in [1.165, 1.54) is 5.56 Å². The summed E-state index contributed by atoms with van der Waals surface area (Å²) >= 11 is 0. The number of hydrogen-bond donors (Lipinski definition) is 0. The number of carbonyl (C=O) groups excluding carboxylic acids is 1. The van der Waals surface area contributed by atoms with Gasteiger partial charge in [-0.2, -0.15) is 0 Å². The fourth-order valence-corrected chi connectivity index (χ4v) is 3.13. The zero-order valence-corrected chi connectivity index (χ0v) is 12.2. The topological polar surface area (TPSA) is 38.7 Å². The number of unbranched alkanes of at least 4 members (excludes halogenated alkanes) is 1. The lowest BCUT2D eigenvalue weighted by molar-refractivity contribution is -0.156. The van der Waals surface area contributed by atoms with Gasteiger partial charge in [0.2, 0.25) is 0 Å². The van der Waals surface area contributed by atoms with Gasteiger partial charge in [-0.05, 0) is 31.7 Å². The molecule has 1 aromatic rings. The minimum Gasteiger partial charge on any atom is -0.451 e. The molecule has 20 heavy (non-hydrogen) atoms. The number of aliphatic imine (C=N–C) groups is 1. The van der Waals surface area contributed by atoms with Gasteiger partial charge in [-0.25, -0.2) is 4.79 Å². The van der Waals surface area contributed by atoms with Crippen molar-refractivity contribution in [3.63, 3.8) is 0 Å². The highest BCUT2D eigenvalue weighted by molar-refractivity contribution is 6.11. The molecule has 1 aliphatic heterocycles. The molecule has 3 rings (SSSR count). The number of hydrogen-bond acceptors (Lipinski definition) is 3. The maximum Gasteiger partial charge on any atom is 0.331 e. The second-order valence-corrected chi connectivity index (χ2v) is 5.94. The minimum atomic E-state index is -0.534. The second-order valence-electron chi connectivity index (χ2n) is 5.94. The van der Waals surface area contributed by atoms with Crippen molar-refractivity contribution in [2.45, 2.75) is 57.6 Å². The van der Waals surface area contributed by atoms with E-state index >= 15 is 0 Å². The van der Waals surface area contributed by atoms with Crippen LogP contribution in [0.2, 0.25) is 0 Å². The lowest BCUT2D eigenvalue weighted by Crippen LogP contribution is -2.50. The van der Waals surface area contributed by atoms with Crippen molar-refractivity contribution >= 4 is 11.7 Å².